The highest BCUT2D eigenvalue weighted by atomic mass is 32.3. The molecule has 1 fully saturated rings. The van der Waals surface area contributed by atoms with E-state index in [1.807, 2.05) is 0 Å². The Morgan fingerprint density at radius 1 is 0.972 bits per heavy atom. The normalized spacial score (nSPS) is 14.2. The molecular formula is C25H22FN5O4S. The van der Waals surface area contributed by atoms with Gasteiger partial charge in [0.1, 0.15) is 16.4 Å². The Bertz CT molecular complexity index is 1440. The number of pyridine rings is 2. The zero-order valence-electron chi connectivity index (χ0n) is 18.8. The topological polar surface area (TPSA) is 128 Å². The van der Waals surface area contributed by atoms with Crippen LogP contribution in [0.3, 0.4) is 0 Å². The van der Waals surface area contributed by atoms with E-state index in [0.717, 1.165) is 6.07 Å². The number of halogens is 1. The maximum atomic E-state index is 14.9. The van der Waals surface area contributed by atoms with Crippen molar-refractivity contribution in [2.75, 3.05) is 17.8 Å². The summed E-state index contributed by atoms with van der Waals surface area (Å²) in [6.07, 6.45) is 3.06. The summed E-state index contributed by atoms with van der Waals surface area (Å²) < 4.78 is 38.9. The van der Waals surface area contributed by atoms with Gasteiger partial charge in [0.15, 0.2) is 0 Å². The van der Waals surface area contributed by atoms with Gasteiger partial charge in [0.25, 0.3) is 11.8 Å². The zero-order valence-corrected chi connectivity index (χ0v) is 19.7. The summed E-state index contributed by atoms with van der Waals surface area (Å²) in [6, 6.07) is 17.0. The van der Waals surface area contributed by atoms with Crippen molar-refractivity contribution in [2.45, 2.75) is 10.9 Å². The number of amides is 2. The molecule has 1 aliphatic heterocycles. The number of rotatable bonds is 6. The van der Waals surface area contributed by atoms with Gasteiger partial charge in [0, 0.05) is 36.4 Å². The Kier molecular flexibility index (Phi) is 6.27. The Morgan fingerprint density at radius 3 is 2.50 bits per heavy atom. The van der Waals surface area contributed by atoms with Gasteiger partial charge in [-0.25, -0.2) is 4.39 Å². The number of likely N-dealkylation sites (tertiary alicyclic amines) is 1. The number of aromatic nitrogens is 2. The molecule has 0 saturated carbocycles. The Morgan fingerprint density at radius 2 is 1.75 bits per heavy atom. The molecule has 11 heteroatoms. The smallest absolute Gasteiger partial charge is 0.270 e. The van der Waals surface area contributed by atoms with E-state index >= 15 is 0 Å². The first-order valence-electron chi connectivity index (χ1n) is 11.0. The largest absolute Gasteiger partial charge is 0.344 e. The summed E-state index contributed by atoms with van der Waals surface area (Å²) in [5.41, 5.74) is 0.624. The van der Waals surface area contributed by atoms with E-state index < -0.39 is 22.5 Å². The number of benzene rings is 2. The predicted molar refractivity (Wildman–Crippen MR) is 134 cm³/mol. The van der Waals surface area contributed by atoms with Gasteiger partial charge in [-0.05, 0) is 42.5 Å². The lowest BCUT2D eigenvalue weighted by molar-refractivity contribution is 0.0541. The summed E-state index contributed by atoms with van der Waals surface area (Å²) in [6.45, 7) is 0.571. The SMILES string of the molecule is O=C(NC1CN(C(=O)c2ccc(NS(O)(O)c3cccc4cccnc34)c(F)c2)C1)c1ccccn1. The lowest BCUT2D eigenvalue weighted by Gasteiger charge is -2.39. The molecule has 2 amide bonds. The van der Waals surface area contributed by atoms with Crippen LogP contribution in [0.4, 0.5) is 10.1 Å². The first kappa shape index (κ1) is 23.7. The number of nitrogens with zero attached hydrogens (tertiary/aromatic N) is 3. The third-order valence-corrected chi connectivity index (χ3v) is 7.22. The molecule has 184 valence electrons. The third-order valence-electron chi connectivity index (χ3n) is 5.77. The van der Waals surface area contributed by atoms with E-state index in [4.69, 9.17) is 0 Å². The molecule has 0 aliphatic carbocycles. The standard InChI is InChI=1S/C25H22FN5O4S/c26-19-13-17(25(33)31-14-18(15-31)29-24(32)21-7-1-2-11-27-21)9-10-20(19)30-36(34,35)22-8-3-5-16-6-4-12-28-23(16)22/h1-13,18,30,34-35H,14-15H2,(H,29,32). The molecule has 4 aromatic rings. The van der Waals surface area contributed by atoms with Crippen LogP contribution in [0, 0.1) is 5.82 Å². The van der Waals surface area contributed by atoms with Crippen LogP contribution in [0.5, 0.6) is 0 Å². The second-order valence-electron chi connectivity index (χ2n) is 8.27. The molecule has 36 heavy (non-hydrogen) atoms. The maximum Gasteiger partial charge on any atom is 0.270 e. The highest BCUT2D eigenvalue weighted by molar-refractivity contribution is 8.25. The number of hydrogen-bond acceptors (Lipinski definition) is 7. The van der Waals surface area contributed by atoms with Gasteiger partial charge in [0.05, 0.1) is 17.2 Å². The summed E-state index contributed by atoms with van der Waals surface area (Å²) in [7, 11) is -3.64. The predicted octanol–water partition coefficient (Wildman–Crippen LogP) is 4.16. The van der Waals surface area contributed by atoms with Crippen molar-refractivity contribution >= 4 is 39.2 Å². The van der Waals surface area contributed by atoms with E-state index in [-0.39, 0.29) is 46.9 Å². The zero-order chi connectivity index (χ0) is 25.3. The lowest BCUT2D eigenvalue weighted by Crippen LogP contribution is -2.61. The summed E-state index contributed by atoms with van der Waals surface area (Å²) in [5.74, 6) is -1.53. The van der Waals surface area contributed by atoms with Gasteiger partial charge in [-0.2, -0.15) is 0 Å². The van der Waals surface area contributed by atoms with Crippen LogP contribution in [-0.2, 0) is 0 Å². The minimum atomic E-state index is -3.64. The molecule has 0 spiro atoms. The van der Waals surface area contributed by atoms with Crippen molar-refractivity contribution in [3.8, 4) is 0 Å². The van der Waals surface area contributed by atoms with Gasteiger partial charge in [0.2, 0.25) is 0 Å². The van der Waals surface area contributed by atoms with Gasteiger partial charge >= 0.3 is 0 Å². The van der Waals surface area contributed by atoms with Crippen LogP contribution in [0.25, 0.3) is 10.9 Å². The lowest BCUT2D eigenvalue weighted by atomic mass is 10.1. The molecule has 2 aromatic carbocycles. The first-order valence-corrected chi connectivity index (χ1v) is 12.6. The summed E-state index contributed by atoms with van der Waals surface area (Å²) >= 11 is 0. The average Bonchev–Trinajstić information content (AvgIpc) is 2.86. The molecule has 9 nitrogen and oxygen atoms in total. The van der Waals surface area contributed by atoms with E-state index in [1.54, 1.807) is 42.5 Å². The van der Waals surface area contributed by atoms with Gasteiger partial charge in [-0.1, -0.05) is 35.0 Å². The van der Waals surface area contributed by atoms with E-state index in [0.29, 0.717) is 10.9 Å². The molecule has 1 saturated heterocycles. The number of carbonyl (C=O) groups excluding carboxylic acids is 2. The molecule has 0 atom stereocenters. The molecule has 3 heterocycles. The van der Waals surface area contributed by atoms with Crippen LogP contribution < -0.4 is 10.0 Å². The summed E-state index contributed by atoms with van der Waals surface area (Å²) in [5, 5.41) is 3.52. The maximum absolute atomic E-state index is 14.9. The second-order valence-corrected chi connectivity index (χ2v) is 10.0. The number of para-hydroxylation sites is 1. The molecular weight excluding hydrogens is 485 g/mol. The molecule has 2 aromatic heterocycles. The van der Waals surface area contributed by atoms with Gasteiger partial charge in [-0.15, -0.1) is 0 Å². The Balaban J connectivity index is 1.24. The average molecular weight is 508 g/mol. The second kappa shape index (κ2) is 9.53. The Hall–Kier alpha value is -4.06. The van der Waals surface area contributed by atoms with Gasteiger partial charge < -0.3 is 10.2 Å². The van der Waals surface area contributed by atoms with E-state index in [2.05, 4.69) is 20.0 Å². The molecule has 0 bridgehead atoms. The van der Waals surface area contributed by atoms with Crippen molar-refractivity contribution in [3.63, 3.8) is 0 Å². The van der Waals surface area contributed by atoms with Crippen molar-refractivity contribution in [1.29, 1.82) is 0 Å². The molecule has 1 aliphatic rings. The van der Waals surface area contributed by atoms with Crippen LogP contribution in [0.15, 0.2) is 84.0 Å². The van der Waals surface area contributed by atoms with Crippen molar-refractivity contribution in [1.82, 2.24) is 20.2 Å². The molecule has 0 radical (unpaired) electrons. The van der Waals surface area contributed by atoms with Crippen molar-refractivity contribution in [2.24, 2.45) is 0 Å². The molecule has 5 rings (SSSR count). The number of anilines is 1. The fraction of sp³-hybridized carbons (Fsp3) is 0.120. The quantitative estimate of drug-likeness (QED) is 0.309. The first-order chi connectivity index (χ1) is 17.3. The summed E-state index contributed by atoms with van der Waals surface area (Å²) in [4.78, 5) is 34.8. The van der Waals surface area contributed by atoms with Crippen LogP contribution >= 0.6 is 10.8 Å². The minimum absolute atomic E-state index is 0.107. The van der Waals surface area contributed by atoms with Crippen LogP contribution in [0.2, 0.25) is 0 Å². The fourth-order valence-electron chi connectivity index (χ4n) is 3.92. The molecule has 0 unspecified atom stereocenters. The number of carbonyl (C=O) groups is 2. The highest BCUT2D eigenvalue weighted by Crippen LogP contribution is 2.50. The van der Waals surface area contributed by atoms with Gasteiger partial charge in [-0.3, -0.25) is 33.4 Å². The Labute approximate surface area is 207 Å². The third kappa shape index (κ3) is 4.71. The van der Waals surface area contributed by atoms with Crippen molar-refractivity contribution < 1.29 is 23.1 Å². The van der Waals surface area contributed by atoms with E-state index in [1.165, 1.54) is 35.5 Å². The van der Waals surface area contributed by atoms with Crippen LogP contribution in [-0.4, -0.2) is 54.9 Å². The number of fused-ring (bicyclic) bond motifs is 1. The van der Waals surface area contributed by atoms with Crippen LogP contribution in [0.1, 0.15) is 20.8 Å². The molecule has 4 N–H and O–H groups in total. The number of nitrogens with one attached hydrogen (secondary N) is 2. The highest BCUT2D eigenvalue weighted by Gasteiger charge is 2.33. The monoisotopic (exact) mass is 507 g/mol. The van der Waals surface area contributed by atoms with E-state index in [9.17, 15) is 23.1 Å². The number of hydrogen-bond donors (Lipinski definition) is 4. The minimum Gasteiger partial charge on any atom is -0.344 e. The van der Waals surface area contributed by atoms with Crippen molar-refractivity contribution in [3.05, 3.63) is 96.2 Å². The fourth-order valence-corrected chi connectivity index (χ4v) is 5.21.